The summed E-state index contributed by atoms with van der Waals surface area (Å²) in [5, 5.41) is 5.07. The van der Waals surface area contributed by atoms with Crippen LogP contribution < -0.4 is 5.14 Å². The normalized spacial score (nSPS) is 13.7. The summed E-state index contributed by atoms with van der Waals surface area (Å²) < 4.78 is 51.3. The summed E-state index contributed by atoms with van der Waals surface area (Å²) in [7, 11) is -7.69. The standard InChI is InChI=1S/C17H21BrN2O4S2/c1-3-12-20(13(2)16-6-4-5-7-17(16)18)26(23,24)15-10-8-14(9-11-15)25(19,21)22/h4-11,13H,3,12H2,1-2H3,(H2,19,21,22)/t13-/m0/s1. The fraction of sp³-hybridized carbons (Fsp3) is 0.294. The van der Waals surface area contributed by atoms with Gasteiger partial charge in [0.2, 0.25) is 20.0 Å². The summed E-state index contributed by atoms with van der Waals surface area (Å²) in [6, 6.07) is 12.0. The van der Waals surface area contributed by atoms with Gasteiger partial charge in [0, 0.05) is 17.1 Å². The van der Waals surface area contributed by atoms with Gasteiger partial charge < -0.3 is 0 Å². The summed E-state index contributed by atoms with van der Waals surface area (Å²) in [4.78, 5) is -0.102. The van der Waals surface area contributed by atoms with Crippen molar-refractivity contribution in [2.45, 2.75) is 36.1 Å². The van der Waals surface area contributed by atoms with E-state index < -0.39 is 26.1 Å². The Morgan fingerprint density at radius 1 is 1.00 bits per heavy atom. The lowest BCUT2D eigenvalue weighted by molar-refractivity contribution is 0.341. The Kier molecular flexibility index (Phi) is 6.62. The number of primary sulfonamides is 1. The molecule has 2 N–H and O–H groups in total. The smallest absolute Gasteiger partial charge is 0.225 e. The van der Waals surface area contributed by atoms with Crippen LogP contribution in [0.2, 0.25) is 0 Å². The molecular weight excluding hydrogens is 440 g/mol. The van der Waals surface area contributed by atoms with Gasteiger partial charge >= 0.3 is 0 Å². The minimum absolute atomic E-state index is 0.0252. The van der Waals surface area contributed by atoms with E-state index in [0.717, 1.165) is 10.0 Å². The Hall–Kier alpha value is -1.26. The summed E-state index contributed by atoms with van der Waals surface area (Å²) in [5.41, 5.74) is 0.852. The summed E-state index contributed by atoms with van der Waals surface area (Å²) >= 11 is 3.47. The van der Waals surface area contributed by atoms with Crippen molar-refractivity contribution in [3.63, 3.8) is 0 Å². The van der Waals surface area contributed by atoms with E-state index in [0.29, 0.717) is 13.0 Å². The topological polar surface area (TPSA) is 97.5 Å². The molecule has 0 radical (unpaired) electrons. The van der Waals surface area contributed by atoms with Crippen LogP contribution in [-0.2, 0) is 20.0 Å². The van der Waals surface area contributed by atoms with Gasteiger partial charge in [-0.25, -0.2) is 22.0 Å². The Morgan fingerprint density at radius 3 is 2.04 bits per heavy atom. The molecule has 2 rings (SSSR count). The lowest BCUT2D eigenvalue weighted by atomic mass is 10.1. The van der Waals surface area contributed by atoms with Gasteiger partial charge in [-0.15, -0.1) is 0 Å². The summed E-state index contributed by atoms with van der Waals surface area (Å²) in [5.74, 6) is 0. The van der Waals surface area contributed by atoms with E-state index in [1.807, 2.05) is 38.1 Å². The largest absolute Gasteiger partial charge is 0.243 e. The van der Waals surface area contributed by atoms with Gasteiger partial charge in [-0.3, -0.25) is 0 Å². The number of sulfonamides is 2. The zero-order chi connectivity index (χ0) is 19.5. The fourth-order valence-corrected chi connectivity index (χ4v) is 5.48. The maximum atomic E-state index is 13.1. The average molecular weight is 461 g/mol. The molecule has 0 unspecified atom stereocenters. The fourth-order valence-electron chi connectivity index (χ4n) is 2.65. The average Bonchev–Trinajstić information content (AvgIpc) is 2.58. The molecule has 0 fully saturated rings. The molecule has 1 atom stereocenters. The highest BCUT2D eigenvalue weighted by atomic mass is 79.9. The third-order valence-electron chi connectivity index (χ3n) is 3.99. The van der Waals surface area contributed by atoms with E-state index in [1.54, 1.807) is 0 Å². The molecule has 0 saturated heterocycles. The minimum Gasteiger partial charge on any atom is -0.225 e. The second-order valence-electron chi connectivity index (χ2n) is 5.83. The van der Waals surface area contributed by atoms with Crippen molar-refractivity contribution in [2.75, 3.05) is 6.54 Å². The van der Waals surface area contributed by atoms with Crippen LogP contribution >= 0.6 is 15.9 Å². The van der Waals surface area contributed by atoms with Gasteiger partial charge in [0.15, 0.2) is 0 Å². The summed E-state index contributed by atoms with van der Waals surface area (Å²) in [6.45, 7) is 4.06. The van der Waals surface area contributed by atoms with Gasteiger partial charge in [0.25, 0.3) is 0 Å². The Labute approximate surface area is 163 Å². The maximum absolute atomic E-state index is 13.1. The number of hydrogen-bond donors (Lipinski definition) is 1. The van der Waals surface area contributed by atoms with E-state index in [9.17, 15) is 16.8 Å². The molecular formula is C17H21BrN2O4S2. The van der Waals surface area contributed by atoms with Gasteiger partial charge in [0.05, 0.1) is 9.79 Å². The van der Waals surface area contributed by atoms with E-state index >= 15 is 0 Å². The van der Waals surface area contributed by atoms with Crippen LogP contribution in [0.1, 0.15) is 31.9 Å². The van der Waals surface area contributed by atoms with E-state index in [2.05, 4.69) is 15.9 Å². The van der Waals surface area contributed by atoms with Crippen LogP contribution in [-0.4, -0.2) is 27.7 Å². The van der Waals surface area contributed by atoms with Crippen molar-refractivity contribution >= 4 is 36.0 Å². The van der Waals surface area contributed by atoms with Crippen LogP contribution in [0, 0.1) is 0 Å². The second-order valence-corrected chi connectivity index (χ2v) is 10.1. The van der Waals surface area contributed by atoms with Crippen molar-refractivity contribution in [1.29, 1.82) is 0 Å². The quantitative estimate of drug-likeness (QED) is 0.685. The molecule has 0 saturated carbocycles. The first kappa shape index (κ1) is 21.0. The summed E-state index contributed by atoms with van der Waals surface area (Å²) in [6.07, 6.45) is 0.642. The predicted octanol–water partition coefficient (Wildman–Crippen LogP) is 3.26. The molecule has 26 heavy (non-hydrogen) atoms. The van der Waals surface area contributed by atoms with Crippen molar-refractivity contribution in [1.82, 2.24) is 4.31 Å². The molecule has 0 aliphatic carbocycles. The van der Waals surface area contributed by atoms with Crippen molar-refractivity contribution in [3.8, 4) is 0 Å². The third-order valence-corrected chi connectivity index (χ3v) is 7.63. The minimum atomic E-state index is -3.88. The SMILES string of the molecule is CCCN([C@@H](C)c1ccccc1Br)S(=O)(=O)c1ccc(S(N)(=O)=O)cc1. The Morgan fingerprint density at radius 2 is 1.54 bits per heavy atom. The lowest BCUT2D eigenvalue weighted by Crippen LogP contribution is -2.34. The van der Waals surface area contributed by atoms with Crippen molar-refractivity contribution in [3.05, 3.63) is 58.6 Å². The Bertz CT molecular complexity index is 974. The van der Waals surface area contributed by atoms with Gasteiger partial charge in [-0.2, -0.15) is 4.31 Å². The highest BCUT2D eigenvalue weighted by Gasteiger charge is 2.30. The Balaban J connectivity index is 2.46. The molecule has 6 nitrogen and oxygen atoms in total. The molecule has 0 aromatic heterocycles. The molecule has 0 heterocycles. The van der Waals surface area contributed by atoms with E-state index in [4.69, 9.17) is 5.14 Å². The van der Waals surface area contributed by atoms with Crippen LogP contribution in [0.5, 0.6) is 0 Å². The van der Waals surface area contributed by atoms with Crippen LogP contribution in [0.4, 0.5) is 0 Å². The van der Waals surface area contributed by atoms with E-state index in [-0.39, 0.29) is 9.79 Å². The second kappa shape index (κ2) is 8.18. The molecule has 0 bridgehead atoms. The van der Waals surface area contributed by atoms with Gasteiger partial charge in [-0.05, 0) is 49.2 Å². The number of rotatable bonds is 7. The third kappa shape index (κ3) is 4.52. The number of halogens is 1. The lowest BCUT2D eigenvalue weighted by Gasteiger charge is -2.29. The molecule has 0 spiro atoms. The molecule has 9 heteroatoms. The molecule has 0 aliphatic heterocycles. The van der Waals surface area contributed by atoms with Crippen LogP contribution in [0.25, 0.3) is 0 Å². The highest BCUT2D eigenvalue weighted by Crippen LogP contribution is 2.32. The van der Waals surface area contributed by atoms with E-state index in [1.165, 1.54) is 28.6 Å². The number of hydrogen-bond acceptors (Lipinski definition) is 4. The number of nitrogens with zero attached hydrogens (tertiary/aromatic N) is 1. The van der Waals surface area contributed by atoms with Crippen molar-refractivity contribution in [2.24, 2.45) is 5.14 Å². The molecule has 142 valence electrons. The van der Waals surface area contributed by atoms with Crippen LogP contribution in [0.3, 0.4) is 0 Å². The monoisotopic (exact) mass is 460 g/mol. The molecule has 2 aromatic carbocycles. The first-order chi connectivity index (χ1) is 12.1. The zero-order valence-electron chi connectivity index (χ0n) is 14.5. The van der Waals surface area contributed by atoms with Crippen LogP contribution in [0.15, 0.2) is 62.8 Å². The highest BCUT2D eigenvalue weighted by molar-refractivity contribution is 9.10. The van der Waals surface area contributed by atoms with Crippen molar-refractivity contribution < 1.29 is 16.8 Å². The predicted molar refractivity (Wildman–Crippen MR) is 105 cm³/mol. The number of nitrogens with two attached hydrogens (primary N) is 1. The number of benzene rings is 2. The van der Waals surface area contributed by atoms with Gasteiger partial charge in [-0.1, -0.05) is 41.1 Å². The first-order valence-electron chi connectivity index (χ1n) is 7.98. The maximum Gasteiger partial charge on any atom is 0.243 e. The van der Waals surface area contributed by atoms with Gasteiger partial charge in [0.1, 0.15) is 0 Å². The zero-order valence-corrected chi connectivity index (χ0v) is 17.7. The molecule has 2 aromatic rings. The molecule has 0 aliphatic rings. The molecule has 0 amide bonds. The first-order valence-corrected chi connectivity index (χ1v) is 11.8.